The molecule has 12 nitrogen and oxygen atoms in total. The molecule has 1 N–H and O–H groups in total. The highest BCUT2D eigenvalue weighted by atomic mass is 16.8. The van der Waals surface area contributed by atoms with Gasteiger partial charge in [-0.25, -0.2) is 0 Å². The first-order valence-electron chi connectivity index (χ1n) is 23.1. The topological polar surface area (TPSA) is 130 Å². The molecule has 0 aliphatic carbocycles. The molecule has 2 aliphatic rings. The third kappa shape index (κ3) is 14.2. The standard InChI is InChI=1S/C56H60O12/c1-40(57)65-49-48(39-60-33-42-22-10-3-11-23-42)67-56(54(64-37-46-30-18-7-19-31-46)52(49)62-35-44-26-14-5-15-27-44)68-50-47(38-59-32-41-20-8-2-9-21-41)66-55(58)53(63-36-45-28-16-6-17-29-45)51(50)61-34-43-24-12-4-13-25-43/h2-31,47-56,58H,32-39H2,1H3/t47-,48-,49+,50-,51+,52+,53-,54-,55+,56+/m1/s1. The molecule has 6 aromatic rings. The summed E-state index contributed by atoms with van der Waals surface area (Å²) < 4.78 is 66.5. The van der Waals surface area contributed by atoms with Crippen molar-refractivity contribution in [2.24, 2.45) is 0 Å². The highest BCUT2D eigenvalue weighted by molar-refractivity contribution is 5.66. The third-order valence-electron chi connectivity index (χ3n) is 11.7. The Hall–Kier alpha value is -5.61. The summed E-state index contributed by atoms with van der Waals surface area (Å²) in [4.78, 5) is 13.0. The second-order valence-electron chi connectivity index (χ2n) is 16.8. The number of hydrogen-bond donors (Lipinski definition) is 1. The number of benzene rings is 6. The summed E-state index contributed by atoms with van der Waals surface area (Å²) in [5.41, 5.74) is 5.50. The van der Waals surface area contributed by atoms with E-state index in [1.165, 1.54) is 6.92 Å². The SMILES string of the molecule is CC(=O)O[C@@H]1[C@H](OCc2ccccc2)[C@@H](OCc2ccccc2)[C@H](O[C@H]2[C@H](OCc3ccccc3)[C@@H](OCc3ccccc3)[C@@H](O)O[C@@H]2COCc2ccccc2)O[C@@H]1COCc1ccccc1. The van der Waals surface area contributed by atoms with Crippen LogP contribution >= 0.6 is 0 Å². The maximum atomic E-state index is 13.0. The fraction of sp³-hybridized carbons (Fsp3) is 0.339. The predicted molar refractivity (Wildman–Crippen MR) is 252 cm³/mol. The molecule has 0 bridgehead atoms. The number of ether oxygens (including phenoxy) is 10. The molecule has 0 aromatic heterocycles. The van der Waals surface area contributed by atoms with Crippen molar-refractivity contribution in [3.05, 3.63) is 215 Å². The maximum Gasteiger partial charge on any atom is 0.303 e. The molecule has 2 aliphatic heterocycles. The lowest BCUT2D eigenvalue weighted by Gasteiger charge is -2.49. The van der Waals surface area contributed by atoms with E-state index in [9.17, 15) is 9.90 Å². The monoisotopic (exact) mass is 924 g/mol. The Bertz CT molecular complexity index is 2330. The molecular formula is C56H60O12. The summed E-state index contributed by atoms with van der Waals surface area (Å²) in [5, 5.41) is 11.9. The van der Waals surface area contributed by atoms with Gasteiger partial charge in [-0.2, -0.15) is 0 Å². The third-order valence-corrected chi connectivity index (χ3v) is 11.7. The molecule has 8 rings (SSSR count). The van der Waals surface area contributed by atoms with Gasteiger partial charge in [-0.3, -0.25) is 4.79 Å². The second-order valence-corrected chi connectivity index (χ2v) is 16.8. The molecule has 0 amide bonds. The molecule has 2 saturated heterocycles. The van der Waals surface area contributed by atoms with Crippen LogP contribution in [0.3, 0.4) is 0 Å². The molecule has 10 atom stereocenters. The molecule has 12 heteroatoms. The lowest BCUT2D eigenvalue weighted by molar-refractivity contribution is -0.372. The van der Waals surface area contributed by atoms with E-state index in [4.69, 9.17) is 47.4 Å². The average molecular weight is 925 g/mol. The van der Waals surface area contributed by atoms with Gasteiger partial charge in [0.05, 0.1) is 52.9 Å². The second kappa shape index (κ2) is 25.7. The Morgan fingerprint density at radius 2 is 0.735 bits per heavy atom. The largest absolute Gasteiger partial charge is 0.457 e. The predicted octanol–water partition coefficient (Wildman–Crippen LogP) is 8.52. The van der Waals surface area contributed by atoms with Crippen LogP contribution in [-0.4, -0.2) is 85.7 Å². The van der Waals surface area contributed by atoms with Crippen molar-refractivity contribution in [3.8, 4) is 0 Å². The summed E-state index contributed by atoms with van der Waals surface area (Å²) in [5.74, 6) is -0.528. The minimum absolute atomic E-state index is 0.00308. The fourth-order valence-electron chi connectivity index (χ4n) is 8.34. The van der Waals surface area contributed by atoms with Crippen LogP contribution in [-0.2, 0) is 91.8 Å². The Kier molecular flexibility index (Phi) is 18.4. The molecule has 2 heterocycles. The van der Waals surface area contributed by atoms with E-state index in [0.29, 0.717) is 0 Å². The first-order valence-corrected chi connectivity index (χ1v) is 23.1. The Morgan fingerprint density at radius 1 is 0.412 bits per heavy atom. The van der Waals surface area contributed by atoms with Gasteiger partial charge in [-0.15, -0.1) is 0 Å². The van der Waals surface area contributed by atoms with Crippen LogP contribution in [0.15, 0.2) is 182 Å². The number of esters is 1. The number of hydrogen-bond acceptors (Lipinski definition) is 12. The molecule has 0 radical (unpaired) electrons. The number of carbonyl (C=O) groups is 1. The summed E-state index contributed by atoms with van der Waals surface area (Å²) in [6, 6.07) is 58.5. The Morgan fingerprint density at radius 3 is 1.12 bits per heavy atom. The molecule has 0 spiro atoms. The molecule has 356 valence electrons. The van der Waals surface area contributed by atoms with Gasteiger partial charge in [0.25, 0.3) is 0 Å². The molecular weight excluding hydrogens is 865 g/mol. The smallest absolute Gasteiger partial charge is 0.303 e. The van der Waals surface area contributed by atoms with Gasteiger partial charge in [-0.05, 0) is 33.4 Å². The van der Waals surface area contributed by atoms with Crippen molar-refractivity contribution >= 4 is 5.97 Å². The first-order chi connectivity index (χ1) is 33.5. The van der Waals surface area contributed by atoms with Gasteiger partial charge in [0, 0.05) is 6.92 Å². The number of rotatable bonds is 23. The van der Waals surface area contributed by atoms with Gasteiger partial charge < -0.3 is 52.5 Å². The highest BCUT2D eigenvalue weighted by Crippen LogP contribution is 2.36. The number of aliphatic hydroxyl groups excluding tert-OH is 1. The van der Waals surface area contributed by atoms with Crippen LogP contribution in [0.4, 0.5) is 0 Å². The van der Waals surface area contributed by atoms with E-state index in [1.807, 2.05) is 182 Å². The van der Waals surface area contributed by atoms with Crippen LogP contribution in [0.5, 0.6) is 0 Å². The molecule has 0 saturated carbocycles. The van der Waals surface area contributed by atoms with E-state index in [2.05, 4.69) is 0 Å². The van der Waals surface area contributed by atoms with Gasteiger partial charge in [-0.1, -0.05) is 182 Å². The van der Waals surface area contributed by atoms with Crippen molar-refractivity contribution in [3.63, 3.8) is 0 Å². The lowest BCUT2D eigenvalue weighted by atomic mass is 9.95. The van der Waals surface area contributed by atoms with Crippen molar-refractivity contribution < 1.29 is 57.3 Å². The minimum Gasteiger partial charge on any atom is -0.457 e. The Balaban J connectivity index is 1.17. The highest BCUT2D eigenvalue weighted by Gasteiger charge is 2.54. The lowest BCUT2D eigenvalue weighted by Crippen LogP contribution is -2.66. The minimum atomic E-state index is -1.43. The van der Waals surface area contributed by atoms with E-state index >= 15 is 0 Å². The summed E-state index contributed by atoms with van der Waals surface area (Å²) in [6.07, 6.45) is -10.4. The molecule has 68 heavy (non-hydrogen) atoms. The first kappa shape index (κ1) is 48.8. The quantitative estimate of drug-likeness (QED) is 0.0619. The molecule has 0 unspecified atom stereocenters. The van der Waals surface area contributed by atoms with Crippen molar-refractivity contribution in [2.45, 2.75) is 108 Å². The fourth-order valence-corrected chi connectivity index (χ4v) is 8.34. The summed E-state index contributed by atoms with van der Waals surface area (Å²) >= 11 is 0. The van der Waals surface area contributed by atoms with E-state index in [-0.39, 0.29) is 52.9 Å². The van der Waals surface area contributed by atoms with Crippen LogP contribution in [0.25, 0.3) is 0 Å². The van der Waals surface area contributed by atoms with E-state index in [1.54, 1.807) is 0 Å². The van der Waals surface area contributed by atoms with Gasteiger partial charge in [0.2, 0.25) is 0 Å². The van der Waals surface area contributed by atoms with Gasteiger partial charge >= 0.3 is 5.97 Å². The van der Waals surface area contributed by atoms with E-state index in [0.717, 1.165) is 33.4 Å². The van der Waals surface area contributed by atoms with Crippen molar-refractivity contribution in [1.82, 2.24) is 0 Å². The van der Waals surface area contributed by atoms with Crippen molar-refractivity contribution in [2.75, 3.05) is 13.2 Å². The molecule has 2 fully saturated rings. The number of carbonyl (C=O) groups excluding carboxylic acids is 1. The normalized spacial score (nSPS) is 24.9. The van der Waals surface area contributed by atoms with Crippen LogP contribution in [0.1, 0.15) is 40.3 Å². The van der Waals surface area contributed by atoms with Crippen LogP contribution in [0, 0.1) is 0 Å². The van der Waals surface area contributed by atoms with Gasteiger partial charge in [0.1, 0.15) is 42.7 Å². The maximum absolute atomic E-state index is 13.0. The zero-order valence-electron chi connectivity index (χ0n) is 38.2. The van der Waals surface area contributed by atoms with Crippen LogP contribution < -0.4 is 0 Å². The summed E-state index contributed by atoms with van der Waals surface area (Å²) in [6.45, 7) is 2.52. The van der Waals surface area contributed by atoms with Crippen molar-refractivity contribution in [1.29, 1.82) is 0 Å². The number of aliphatic hydroxyl groups is 1. The van der Waals surface area contributed by atoms with E-state index < -0.39 is 67.4 Å². The van der Waals surface area contributed by atoms with Gasteiger partial charge in [0.15, 0.2) is 18.7 Å². The zero-order valence-corrected chi connectivity index (χ0v) is 38.2. The average Bonchev–Trinajstić information content (AvgIpc) is 3.37. The Labute approximate surface area is 398 Å². The van der Waals surface area contributed by atoms with Crippen LogP contribution in [0.2, 0.25) is 0 Å². The molecule has 6 aromatic carbocycles. The zero-order chi connectivity index (χ0) is 46.8. The summed E-state index contributed by atoms with van der Waals surface area (Å²) in [7, 11) is 0.